The van der Waals surface area contributed by atoms with Crippen LogP contribution in [0.4, 0.5) is 5.69 Å². The topological polar surface area (TPSA) is 83.1 Å². The molecule has 3 aromatic rings. The van der Waals surface area contributed by atoms with Crippen LogP contribution in [0.1, 0.15) is 25.3 Å². The fraction of sp³-hybridized carbons (Fsp3) is 0.333. The Labute approximate surface area is 164 Å². The standard InChI is InChI=1S/C18H18N4O3S2/c23-22(24)14-6-8-15(9-7-14)25-10-2-12-27-18-20-19-17(16-3-1-11-26-16)21(18)13-4-5-13/h1,3,6-9,11,13H,2,4-5,10,12H2. The minimum Gasteiger partial charge on any atom is -0.494 e. The summed E-state index contributed by atoms with van der Waals surface area (Å²) in [7, 11) is 0. The lowest BCUT2D eigenvalue weighted by atomic mass is 10.3. The second kappa shape index (κ2) is 8.10. The van der Waals surface area contributed by atoms with Crippen molar-refractivity contribution in [1.29, 1.82) is 0 Å². The highest BCUT2D eigenvalue weighted by Gasteiger charge is 2.30. The van der Waals surface area contributed by atoms with Crippen LogP contribution in [-0.2, 0) is 0 Å². The van der Waals surface area contributed by atoms with Crippen molar-refractivity contribution in [2.24, 2.45) is 0 Å². The third kappa shape index (κ3) is 4.30. The van der Waals surface area contributed by atoms with Crippen molar-refractivity contribution in [2.45, 2.75) is 30.5 Å². The lowest BCUT2D eigenvalue weighted by Crippen LogP contribution is -2.01. The van der Waals surface area contributed by atoms with Gasteiger partial charge in [-0.05, 0) is 42.8 Å². The maximum atomic E-state index is 10.7. The average molecular weight is 403 g/mol. The first-order chi connectivity index (χ1) is 13.2. The molecule has 0 aliphatic heterocycles. The molecule has 1 aliphatic rings. The van der Waals surface area contributed by atoms with Crippen molar-refractivity contribution in [3.63, 3.8) is 0 Å². The zero-order valence-electron chi connectivity index (χ0n) is 14.5. The van der Waals surface area contributed by atoms with E-state index < -0.39 is 4.92 Å². The Balaban J connectivity index is 1.29. The van der Waals surface area contributed by atoms with Crippen LogP contribution in [0.25, 0.3) is 10.7 Å². The van der Waals surface area contributed by atoms with Crippen LogP contribution >= 0.6 is 23.1 Å². The van der Waals surface area contributed by atoms with Gasteiger partial charge >= 0.3 is 0 Å². The van der Waals surface area contributed by atoms with Crippen LogP contribution < -0.4 is 4.74 Å². The van der Waals surface area contributed by atoms with Crippen molar-refractivity contribution in [3.05, 3.63) is 51.9 Å². The van der Waals surface area contributed by atoms with Crippen LogP contribution in [0.2, 0.25) is 0 Å². The maximum Gasteiger partial charge on any atom is 0.269 e. The molecule has 0 N–H and O–H groups in total. The zero-order chi connectivity index (χ0) is 18.6. The van der Waals surface area contributed by atoms with Gasteiger partial charge in [0.15, 0.2) is 11.0 Å². The Kier molecular flexibility index (Phi) is 5.40. The Morgan fingerprint density at radius 3 is 2.74 bits per heavy atom. The third-order valence-corrected chi connectivity index (χ3v) is 6.05. The van der Waals surface area contributed by atoms with E-state index in [0.29, 0.717) is 18.4 Å². The average Bonchev–Trinajstić information content (AvgIpc) is 3.19. The fourth-order valence-corrected chi connectivity index (χ4v) is 4.31. The number of thiophene rings is 1. The highest BCUT2D eigenvalue weighted by Crippen LogP contribution is 2.41. The van der Waals surface area contributed by atoms with E-state index in [1.165, 1.54) is 25.0 Å². The molecule has 7 nitrogen and oxygen atoms in total. The molecule has 27 heavy (non-hydrogen) atoms. The van der Waals surface area contributed by atoms with Crippen LogP contribution in [0, 0.1) is 10.1 Å². The molecule has 0 unspecified atom stereocenters. The number of nitro benzene ring substituents is 1. The number of benzene rings is 1. The van der Waals surface area contributed by atoms with Gasteiger partial charge < -0.3 is 4.74 Å². The monoisotopic (exact) mass is 402 g/mol. The molecule has 2 heterocycles. The Morgan fingerprint density at radius 2 is 2.07 bits per heavy atom. The number of aromatic nitrogens is 3. The van der Waals surface area contributed by atoms with E-state index in [-0.39, 0.29) is 5.69 Å². The molecule has 0 atom stereocenters. The van der Waals surface area contributed by atoms with Gasteiger partial charge in [0, 0.05) is 23.9 Å². The molecule has 4 rings (SSSR count). The van der Waals surface area contributed by atoms with Crippen molar-refractivity contribution in [1.82, 2.24) is 14.8 Å². The quantitative estimate of drug-likeness (QED) is 0.221. The largest absolute Gasteiger partial charge is 0.494 e. The molecule has 0 bridgehead atoms. The summed E-state index contributed by atoms with van der Waals surface area (Å²) in [6.07, 6.45) is 3.23. The number of thioether (sulfide) groups is 1. The summed E-state index contributed by atoms with van der Waals surface area (Å²) in [6.45, 7) is 0.556. The molecule has 0 radical (unpaired) electrons. The minimum atomic E-state index is -0.416. The second-order valence-corrected chi connectivity index (χ2v) is 8.20. The summed E-state index contributed by atoms with van der Waals surface area (Å²) < 4.78 is 7.93. The summed E-state index contributed by atoms with van der Waals surface area (Å²) >= 11 is 3.39. The summed E-state index contributed by atoms with van der Waals surface area (Å²) in [4.78, 5) is 11.4. The van der Waals surface area contributed by atoms with E-state index in [1.807, 2.05) is 6.07 Å². The van der Waals surface area contributed by atoms with Gasteiger partial charge in [-0.25, -0.2) is 0 Å². The van der Waals surface area contributed by atoms with Crippen LogP contribution in [-0.4, -0.2) is 32.0 Å². The first-order valence-corrected chi connectivity index (χ1v) is 10.6. The van der Waals surface area contributed by atoms with Crippen molar-refractivity contribution in [3.8, 4) is 16.5 Å². The molecule has 0 spiro atoms. The Hall–Kier alpha value is -2.39. The van der Waals surface area contributed by atoms with Gasteiger partial charge in [0.05, 0.1) is 16.4 Å². The molecular weight excluding hydrogens is 384 g/mol. The zero-order valence-corrected chi connectivity index (χ0v) is 16.1. The van der Waals surface area contributed by atoms with Gasteiger partial charge in [-0.2, -0.15) is 0 Å². The third-order valence-electron chi connectivity index (χ3n) is 4.15. The predicted molar refractivity (Wildman–Crippen MR) is 106 cm³/mol. The van der Waals surface area contributed by atoms with Gasteiger partial charge in [-0.1, -0.05) is 17.8 Å². The first-order valence-electron chi connectivity index (χ1n) is 8.71. The summed E-state index contributed by atoms with van der Waals surface area (Å²) in [6, 6.07) is 10.8. The molecule has 140 valence electrons. The van der Waals surface area contributed by atoms with E-state index >= 15 is 0 Å². The molecule has 1 aromatic carbocycles. The van der Waals surface area contributed by atoms with Crippen molar-refractivity contribution < 1.29 is 9.66 Å². The van der Waals surface area contributed by atoms with Crippen LogP contribution in [0.3, 0.4) is 0 Å². The molecule has 1 aliphatic carbocycles. The van der Waals surface area contributed by atoms with Gasteiger partial charge in [0.2, 0.25) is 0 Å². The number of nitrogens with zero attached hydrogens (tertiary/aromatic N) is 4. The van der Waals surface area contributed by atoms with E-state index in [4.69, 9.17) is 4.74 Å². The number of hydrogen-bond acceptors (Lipinski definition) is 7. The van der Waals surface area contributed by atoms with Crippen LogP contribution in [0.15, 0.2) is 46.9 Å². The summed E-state index contributed by atoms with van der Waals surface area (Å²) in [5.41, 5.74) is 0.0684. The van der Waals surface area contributed by atoms with Gasteiger partial charge in [0.25, 0.3) is 5.69 Å². The summed E-state index contributed by atoms with van der Waals surface area (Å²) in [5.74, 6) is 2.49. The van der Waals surface area contributed by atoms with E-state index in [1.54, 1.807) is 35.2 Å². The molecular formula is C18H18N4O3S2. The SMILES string of the molecule is O=[N+]([O-])c1ccc(OCCCSc2nnc(-c3cccs3)n2C2CC2)cc1. The van der Waals surface area contributed by atoms with E-state index in [2.05, 4.69) is 26.2 Å². The number of ether oxygens (including phenoxy) is 1. The molecule has 0 saturated heterocycles. The van der Waals surface area contributed by atoms with Crippen molar-refractivity contribution >= 4 is 28.8 Å². The van der Waals surface area contributed by atoms with Gasteiger partial charge in [-0.15, -0.1) is 21.5 Å². The number of non-ortho nitro benzene ring substituents is 1. The maximum absolute atomic E-state index is 10.7. The lowest BCUT2D eigenvalue weighted by Gasteiger charge is -2.08. The minimum absolute atomic E-state index is 0.0684. The Morgan fingerprint density at radius 1 is 1.26 bits per heavy atom. The van der Waals surface area contributed by atoms with Crippen LogP contribution in [0.5, 0.6) is 5.75 Å². The normalized spacial score (nSPS) is 13.6. The number of rotatable bonds is 9. The molecule has 9 heteroatoms. The van der Waals surface area contributed by atoms with Crippen molar-refractivity contribution in [2.75, 3.05) is 12.4 Å². The molecule has 1 saturated carbocycles. The number of nitro groups is 1. The lowest BCUT2D eigenvalue weighted by molar-refractivity contribution is -0.384. The number of hydrogen-bond donors (Lipinski definition) is 0. The van der Waals surface area contributed by atoms with Gasteiger partial charge in [-0.3, -0.25) is 14.7 Å². The highest BCUT2D eigenvalue weighted by molar-refractivity contribution is 7.99. The predicted octanol–water partition coefficient (Wildman–Crippen LogP) is 4.81. The molecule has 1 fully saturated rings. The highest BCUT2D eigenvalue weighted by atomic mass is 32.2. The fourth-order valence-electron chi connectivity index (χ4n) is 2.69. The van der Waals surface area contributed by atoms with E-state index in [9.17, 15) is 10.1 Å². The first kappa shape index (κ1) is 18.0. The van der Waals surface area contributed by atoms with E-state index in [0.717, 1.165) is 28.0 Å². The Bertz CT molecular complexity index is 905. The second-order valence-electron chi connectivity index (χ2n) is 6.19. The van der Waals surface area contributed by atoms with Gasteiger partial charge in [0.1, 0.15) is 5.75 Å². The molecule has 0 amide bonds. The molecule has 2 aromatic heterocycles. The summed E-state index contributed by atoms with van der Waals surface area (Å²) in [5, 5.41) is 22.5. The smallest absolute Gasteiger partial charge is 0.269 e.